The first-order valence-electron chi connectivity index (χ1n) is 6.77. The molecule has 0 aliphatic carbocycles. The molecule has 3 unspecified atom stereocenters. The second-order valence-corrected chi connectivity index (χ2v) is 5.37. The normalized spacial score (nSPS) is 16.4. The molecule has 3 atom stereocenters. The average Bonchev–Trinajstić information content (AvgIpc) is 2.36. The number of halogens is 1. The highest BCUT2D eigenvalue weighted by atomic mass is 35.5. The summed E-state index contributed by atoms with van der Waals surface area (Å²) in [6, 6.07) is 8.31. The maximum absolute atomic E-state index is 6.33. The molecule has 3 nitrogen and oxygen atoms in total. The Morgan fingerprint density at radius 1 is 1.32 bits per heavy atom. The summed E-state index contributed by atoms with van der Waals surface area (Å²) >= 11 is 6.33. The van der Waals surface area contributed by atoms with Gasteiger partial charge in [-0.25, -0.2) is 0 Å². The van der Waals surface area contributed by atoms with E-state index in [-0.39, 0.29) is 12.1 Å². The van der Waals surface area contributed by atoms with E-state index in [2.05, 4.69) is 24.8 Å². The van der Waals surface area contributed by atoms with Crippen molar-refractivity contribution in [3.63, 3.8) is 0 Å². The van der Waals surface area contributed by atoms with Gasteiger partial charge in [0, 0.05) is 24.2 Å². The van der Waals surface area contributed by atoms with Crippen LogP contribution in [0, 0.1) is 0 Å². The SMILES string of the molecule is CCN(C(C)COC)C(c1ccccc1Cl)C(C)N. The van der Waals surface area contributed by atoms with Crippen molar-refractivity contribution in [2.24, 2.45) is 5.73 Å². The number of hydrogen-bond acceptors (Lipinski definition) is 3. The predicted molar refractivity (Wildman–Crippen MR) is 81.6 cm³/mol. The molecule has 108 valence electrons. The Hall–Kier alpha value is -0.610. The molecule has 0 aromatic heterocycles. The highest BCUT2D eigenvalue weighted by Gasteiger charge is 2.28. The number of hydrogen-bond donors (Lipinski definition) is 1. The Labute approximate surface area is 121 Å². The maximum atomic E-state index is 6.33. The molecule has 0 spiro atoms. The first kappa shape index (κ1) is 16.4. The van der Waals surface area contributed by atoms with Crippen molar-refractivity contribution in [2.45, 2.75) is 38.9 Å². The van der Waals surface area contributed by atoms with Crippen LogP contribution < -0.4 is 5.73 Å². The molecule has 0 aliphatic rings. The maximum Gasteiger partial charge on any atom is 0.0615 e. The molecule has 1 aromatic rings. The van der Waals surface area contributed by atoms with Crippen molar-refractivity contribution in [3.8, 4) is 0 Å². The molecule has 0 saturated heterocycles. The van der Waals surface area contributed by atoms with Crippen molar-refractivity contribution < 1.29 is 4.74 Å². The number of nitrogens with zero attached hydrogens (tertiary/aromatic N) is 1. The summed E-state index contributed by atoms with van der Waals surface area (Å²) in [5.74, 6) is 0. The fourth-order valence-electron chi connectivity index (χ4n) is 2.60. The summed E-state index contributed by atoms with van der Waals surface area (Å²) < 4.78 is 5.27. The van der Waals surface area contributed by atoms with Crippen LogP contribution in [0.15, 0.2) is 24.3 Å². The van der Waals surface area contributed by atoms with Gasteiger partial charge in [-0.3, -0.25) is 4.90 Å². The lowest BCUT2D eigenvalue weighted by Crippen LogP contribution is -2.45. The van der Waals surface area contributed by atoms with Crippen LogP contribution in [0.25, 0.3) is 0 Å². The molecule has 0 radical (unpaired) electrons. The van der Waals surface area contributed by atoms with Crippen LogP contribution in [0.4, 0.5) is 0 Å². The van der Waals surface area contributed by atoms with Gasteiger partial charge in [-0.15, -0.1) is 0 Å². The van der Waals surface area contributed by atoms with Crippen LogP contribution in [0.1, 0.15) is 32.4 Å². The molecule has 4 heteroatoms. The Balaban J connectivity index is 3.08. The molecule has 2 N–H and O–H groups in total. The van der Waals surface area contributed by atoms with E-state index in [1.807, 2.05) is 25.1 Å². The van der Waals surface area contributed by atoms with Gasteiger partial charge in [-0.2, -0.15) is 0 Å². The highest BCUT2D eigenvalue weighted by Crippen LogP contribution is 2.30. The molecule has 0 heterocycles. The van der Waals surface area contributed by atoms with Gasteiger partial charge >= 0.3 is 0 Å². The van der Waals surface area contributed by atoms with E-state index in [0.717, 1.165) is 17.1 Å². The Morgan fingerprint density at radius 2 is 1.95 bits per heavy atom. The minimum Gasteiger partial charge on any atom is -0.383 e. The van der Waals surface area contributed by atoms with E-state index in [0.29, 0.717) is 12.6 Å². The highest BCUT2D eigenvalue weighted by molar-refractivity contribution is 6.31. The van der Waals surface area contributed by atoms with Crippen molar-refractivity contribution in [1.29, 1.82) is 0 Å². The third-order valence-electron chi connectivity index (χ3n) is 3.42. The Bertz CT molecular complexity index is 384. The van der Waals surface area contributed by atoms with Crippen molar-refractivity contribution in [3.05, 3.63) is 34.9 Å². The minimum absolute atomic E-state index is 0.000781. The molecular formula is C15H25ClN2O. The summed E-state index contributed by atoms with van der Waals surface area (Å²) in [6.07, 6.45) is 0. The molecule has 1 rings (SSSR count). The van der Waals surface area contributed by atoms with Crippen molar-refractivity contribution >= 4 is 11.6 Å². The van der Waals surface area contributed by atoms with Gasteiger partial charge in [-0.05, 0) is 32.0 Å². The van der Waals surface area contributed by atoms with Gasteiger partial charge in [0.1, 0.15) is 0 Å². The number of benzene rings is 1. The Kier molecular flexibility index (Phi) is 6.80. The van der Waals surface area contributed by atoms with Gasteiger partial charge in [-0.1, -0.05) is 36.7 Å². The first-order chi connectivity index (χ1) is 9.02. The summed E-state index contributed by atoms with van der Waals surface area (Å²) in [7, 11) is 1.72. The summed E-state index contributed by atoms with van der Waals surface area (Å²) in [4.78, 5) is 2.34. The van der Waals surface area contributed by atoms with Gasteiger partial charge in [0.15, 0.2) is 0 Å². The standard InChI is InChI=1S/C15H25ClN2O/c1-5-18(11(2)10-19-4)15(12(3)17)13-8-6-7-9-14(13)16/h6-9,11-12,15H,5,10,17H2,1-4H3. The zero-order chi connectivity index (χ0) is 14.4. The van der Waals surface area contributed by atoms with Crippen LogP contribution >= 0.6 is 11.6 Å². The van der Waals surface area contributed by atoms with Crippen LogP contribution in [-0.4, -0.2) is 37.2 Å². The fourth-order valence-corrected chi connectivity index (χ4v) is 2.85. The Morgan fingerprint density at radius 3 is 2.42 bits per heavy atom. The van der Waals surface area contributed by atoms with E-state index in [1.54, 1.807) is 7.11 Å². The molecule has 19 heavy (non-hydrogen) atoms. The smallest absolute Gasteiger partial charge is 0.0615 e. The predicted octanol–water partition coefficient (Wildman–Crippen LogP) is 3.09. The zero-order valence-corrected chi connectivity index (χ0v) is 13.0. The average molecular weight is 285 g/mol. The van der Waals surface area contributed by atoms with Gasteiger partial charge < -0.3 is 10.5 Å². The van der Waals surface area contributed by atoms with E-state index in [4.69, 9.17) is 22.1 Å². The molecule has 0 fully saturated rings. The van der Waals surface area contributed by atoms with E-state index >= 15 is 0 Å². The first-order valence-corrected chi connectivity index (χ1v) is 7.15. The van der Waals surface area contributed by atoms with Gasteiger partial charge in [0.25, 0.3) is 0 Å². The second-order valence-electron chi connectivity index (χ2n) is 4.96. The minimum atomic E-state index is -0.000781. The third-order valence-corrected chi connectivity index (χ3v) is 3.76. The second kappa shape index (κ2) is 7.85. The zero-order valence-electron chi connectivity index (χ0n) is 12.3. The molecule has 0 bridgehead atoms. The lowest BCUT2D eigenvalue weighted by atomic mass is 9.97. The molecule has 0 saturated carbocycles. The number of ether oxygens (including phenoxy) is 1. The summed E-state index contributed by atoms with van der Waals surface area (Å²) in [5, 5.41) is 0.771. The summed E-state index contributed by atoms with van der Waals surface area (Å²) in [6.45, 7) is 7.90. The molecule has 1 aromatic carbocycles. The molecule has 0 aliphatic heterocycles. The van der Waals surface area contributed by atoms with E-state index in [1.165, 1.54) is 0 Å². The number of methoxy groups -OCH3 is 1. The van der Waals surface area contributed by atoms with Crippen molar-refractivity contribution in [1.82, 2.24) is 4.90 Å². The lowest BCUT2D eigenvalue weighted by Gasteiger charge is -2.38. The third kappa shape index (κ3) is 4.18. The van der Waals surface area contributed by atoms with Crippen LogP contribution in [-0.2, 0) is 4.74 Å². The van der Waals surface area contributed by atoms with Crippen LogP contribution in [0.3, 0.4) is 0 Å². The number of rotatable bonds is 7. The summed E-state index contributed by atoms with van der Waals surface area (Å²) in [5.41, 5.74) is 7.29. The van der Waals surface area contributed by atoms with Crippen molar-refractivity contribution in [2.75, 3.05) is 20.3 Å². The largest absolute Gasteiger partial charge is 0.383 e. The van der Waals surface area contributed by atoms with Gasteiger partial charge in [0.2, 0.25) is 0 Å². The quantitative estimate of drug-likeness (QED) is 0.836. The van der Waals surface area contributed by atoms with Crippen LogP contribution in [0.2, 0.25) is 5.02 Å². The van der Waals surface area contributed by atoms with Crippen LogP contribution in [0.5, 0.6) is 0 Å². The molecule has 0 amide bonds. The van der Waals surface area contributed by atoms with E-state index < -0.39 is 0 Å². The molecular weight excluding hydrogens is 260 g/mol. The van der Waals surface area contributed by atoms with E-state index in [9.17, 15) is 0 Å². The topological polar surface area (TPSA) is 38.5 Å². The number of likely N-dealkylation sites (N-methyl/N-ethyl adjacent to an activating group) is 1. The lowest BCUT2D eigenvalue weighted by molar-refractivity contribution is 0.0655. The monoisotopic (exact) mass is 284 g/mol. The number of nitrogens with two attached hydrogens (primary N) is 1. The van der Waals surface area contributed by atoms with Gasteiger partial charge in [0.05, 0.1) is 12.6 Å². The fraction of sp³-hybridized carbons (Fsp3) is 0.600.